The van der Waals surface area contributed by atoms with E-state index in [4.69, 9.17) is 9.47 Å². The number of halogens is 12. The molecule has 0 fully saturated rings. The molecule has 2 N–H and O–H groups in total. The van der Waals surface area contributed by atoms with E-state index in [1.165, 1.54) is 0 Å². The lowest BCUT2D eigenvalue weighted by atomic mass is 10.7. The number of hydrogen-bond acceptors (Lipinski definition) is 12. The summed E-state index contributed by atoms with van der Waals surface area (Å²) in [4.78, 5) is 4.04. The van der Waals surface area contributed by atoms with Gasteiger partial charge in [0.15, 0.2) is 0 Å². The van der Waals surface area contributed by atoms with Crippen LogP contribution in [0.4, 0.5) is 52.7 Å². The summed E-state index contributed by atoms with van der Waals surface area (Å²) in [5.74, 6) is 0. The molecule has 0 saturated carbocycles. The van der Waals surface area contributed by atoms with E-state index >= 15 is 0 Å². The molecule has 0 atom stereocenters. The zero-order chi connectivity index (χ0) is 34.9. The lowest BCUT2D eigenvalue weighted by molar-refractivity contribution is -0.0487. The van der Waals surface area contributed by atoms with E-state index in [1.54, 1.807) is 13.3 Å². The molecule has 1 aliphatic rings. The standard InChI is InChI=1S/C9H16N2O2.2C2HF6NO4S2/c1-3-10-4-5-11(8-10)9-13-7-6-12-2;2*3-1(4,5)14(10,11)9-15(12,13)2(6,7)8/h3-5H,1,6-9H2,2H3;2*9H. The molecule has 0 bridgehead atoms. The van der Waals surface area contributed by atoms with Crippen LogP contribution in [0.1, 0.15) is 0 Å². The second-order valence-corrected chi connectivity index (χ2v) is 13.9. The molecule has 0 unspecified atom stereocenters. The molecule has 43 heavy (non-hydrogen) atoms. The van der Waals surface area contributed by atoms with Crippen molar-refractivity contribution in [3.63, 3.8) is 0 Å². The maximum atomic E-state index is 11.5. The van der Waals surface area contributed by atoms with Gasteiger partial charge in [-0.15, -0.1) is 0 Å². The molecule has 0 radical (unpaired) electrons. The molecule has 1 rings (SSSR count). The number of alkyl halides is 12. The van der Waals surface area contributed by atoms with Crippen LogP contribution in [-0.4, -0.2) is 99.2 Å². The third kappa shape index (κ3) is 14.5. The highest BCUT2D eigenvalue weighted by molar-refractivity contribution is 8.06. The Labute approximate surface area is 235 Å². The number of methoxy groups -OCH3 is 1. The van der Waals surface area contributed by atoms with Crippen LogP contribution in [0.5, 0.6) is 0 Å². The van der Waals surface area contributed by atoms with Gasteiger partial charge >= 0.3 is 62.1 Å². The van der Waals surface area contributed by atoms with Gasteiger partial charge < -0.3 is 19.3 Å². The van der Waals surface area contributed by atoms with E-state index in [0.29, 0.717) is 19.9 Å². The van der Waals surface area contributed by atoms with Crippen LogP contribution in [-0.2, 0) is 49.6 Å². The quantitative estimate of drug-likeness (QED) is 0.242. The Morgan fingerprint density at radius 1 is 0.674 bits per heavy atom. The molecule has 0 aromatic carbocycles. The van der Waals surface area contributed by atoms with Gasteiger partial charge in [-0.3, -0.25) is 0 Å². The smallest absolute Gasteiger partial charge is 0.382 e. The van der Waals surface area contributed by atoms with Crippen molar-refractivity contribution in [3.8, 4) is 0 Å². The van der Waals surface area contributed by atoms with Gasteiger partial charge in [0, 0.05) is 19.5 Å². The summed E-state index contributed by atoms with van der Waals surface area (Å²) in [6.07, 6.45) is 5.73. The van der Waals surface area contributed by atoms with Crippen molar-refractivity contribution in [2.24, 2.45) is 0 Å². The summed E-state index contributed by atoms with van der Waals surface area (Å²) in [6, 6.07) is 0. The first-order valence-corrected chi connectivity index (χ1v) is 15.4. The van der Waals surface area contributed by atoms with Crippen molar-refractivity contribution in [1.82, 2.24) is 18.1 Å². The lowest BCUT2D eigenvalue weighted by Crippen LogP contribution is -2.45. The first kappa shape index (κ1) is 43.0. The molecule has 0 aromatic heterocycles. The van der Waals surface area contributed by atoms with Gasteiger partial charge in [0.2, 0.25) is 0 Å². The van der Waals surface area contributed by atoms with Gasteiger partial charge in [-0.1, -0.05) is 14.8 Å². The van der Waals surface area contributed by atoms with Gasteiger partial charge in [0.1, 0.15) is 6.73 Å². The summed E-state index contributed by atoms with van der Waals surface area (Å²) in [5, 5.41) is 0. The zero-order valence-corrected chi connectivity index (χ0v) is 23.7. The van der Waals surface area contributed by atoms with Crippen molar-refractivity contribution >= 4 is 40.1 Å². The third-order valence-corrected chi connectivity index (χ3v) is 9.34. The Balaban J connectivity index is 0. The molecule has 30 heteroatoms. The molecular weight excluding hydrogens is 728 g/mol. The van der Waals surface area contributed by atoms with Gasteiger partial charge in [-0.25, -0.2) is 33.7 Å². The normalized spacial score (nSPS) is 15.4. The fraction of sp³-hybridized carbons (Fsp3) is 0.692. The minimum atomic E-state index is -6.60. The minimum Gasteiger partial charge on any atom is -0.382 e. The van der Waals surface area contributed by atoms with Crippen LogP contribution in [0.3, 0.4) is 0 Å². The Hall–Kier alpha value is -2.12. The average molecular weight is 747 g/mol. The van der Waals surface area contributed by atoms with Crippen molar-refractivity contribution in [1.29, 1.82) is 0 Å². The second kappa shape index (κ2) is 15.2. The monoisotopic (exact) mass is 746 g/mol. The highest BCUT2D eigenvalue weighted by atomic mass is 32.3. The number of rotatable bonds is 10. The maximum absolute atomic E-state index is 11.5. The van der Waals surface area contributed by atoms with Crippen molar-refractivity contribution < 1.29 is 95.8 Å². The topological polar surface area (TPSA) is 186 Å². The average Bonchev–Trinajstić information content (AvgIpc) is 3.21. The highest BCUT2D eigenvalue weighted by Gasteiger charge is 2.56. The summed E-state index contributed by atoms with van der Waals surface area (Å²) in [7, 11) is -24.7. The SMILES string of the molecule is C=CN1C=CN(COCCOC)C1.O=S(=O)(NS(=O)(=O)C(F)(F)F)C(F)(F)F.O=S(=O)(NS(=O)(=O)C(F)(F)F)C(F)(F)F. The third-order valence-electron chi connectivity index (χ3n) is 3.39. The second-order valence-electron chi connectivity index (χ2n) is 6.72. The van der Waals surface area contributed by atoms with Gasteiger partial charge in [-0.05, 0) is 6.20 Å². The molecule has 0 aliphatic carbocycles. The zero-order valence-electron chi connectivity index (χ0n) is 20.4. The summed E-state index contributed by atoms with van der Waals surface area (Å²) in [5.41, 5.74) is -24.6. The Morgan fingerprint density at radius 2 is 1.00 bits per heavy atom. The Morgan fingerprint density at radius 3 is 1.23 bits per heavy atom. The van der Waals surface area contributed by atoms with Crippen LogP contribution in [0, 0.1) is 0 Å². The molecule has 0 amide bonds. The molecule has 14 nitrogen and oxygen atoms in total. The number of nitrogens with zero attached hydrogens (tertiary/aromatic N) is 2. The molecular formula is C13H18F12N4O10S4. The van der Waals surface area contributed by atoms with E-state index in [2.05, 4.69) is 11.5 Å². The molecule has 258 valence electrons. The first-order chi connectivity index (χ1) is 18.8. The van der Waals surface area contributed by atoms with E-state index in [-0.39, 0.29) is 0 Å². The summed E-state index contributed by atoms with van der Waals surface area (Å²) in [6.45, 7) is 6.37. The highest BCUT2D eigenvalue weighted by Crippen LogP contribution is 2.28. The van der Waals surface area contributed by atoms with E-state index < -0.39 is 70.4 Å². The van der Waals surface area contributed by atoms with E-state index in [0.717, 1.165) is 6.67 Å². The number of ether oxygens (including phenoxy) is 2. The first-order valence-electron chi connectivity index (χ1n) is 9.47. The molecule has 1 heterocycles. The van der Waals surface area contributed by atoms with E-state index in [1.807, 2.05) is 17.3 Å². The largest absolute Gasteiger partial charge is 0.512 e. The number of sulfonamides is 4. The molecule has 0 saturated heterocycles. The lowest BCUT2D eigenvalue weighted by Gasteiger charge is -2.18. The van der Waals surface area contributed by atoms with Crippen LogP contribution in [0.25, 0.3) is 0 Å². The van der Waals surface area contributed by atoms with Crippen molar-refractivity contribution in [2.45, 2.75) is 22.0 Å². The Kier molecular flexibility index (Phi) is 15.3. The maximum Gasteiger partial charge on any atom is 0.512 e. The summed E-state index contributed by atoms with van der Waals surface area (Å²) < 4.78 is 227. The van der Waals surface area contributed by atoms with Crippen LogP contribution in [0.15, 0.2) is 25.2 Å². The fourth-order valence-electron chi connectivity index (χ4n) is 1.49. The van der Waals surface area contributed by atoms with Gasteiger partial charge in [-0.2, -0.15) is 52.7 Å². The summed E-state index contributed by atoms with van der Waals surface area (Å²) >= 11 is 0. The van der Waals surface area contributed by atoms with Crippen LogP contribution >= 0.6 is 0 Å². The predicted octanol–water partition coefficient (Wildman–Crippen LogP) is 1.35. The Bertz CT molecular complexity index is 1200. The minimum absolute atomic E-state index is 0.493. The van der Waals surface area contributed by atoms with E-state index in [9.17, 15) is 86.4 Å². The molecule has 0 aromatic rings. The van der Waals surface area contributed by atoms with Crippen molar-refractivity contribution in [2.75, 3.05) is 33.7 Å². The predicted molar refractivity (Wildman–Crippen MR) is 117 cm³/mol. The van der Waals surface area contributed by atoms with Gasteiger partial charge in [0.25, 0.3) is 0 Å². The van der Waals surface area contributed by atoms with Crippen LogP contribution in [0.2, 0.25) is 0 Å². The van der Waals surface area contributed by atoms with Gasteiger partial charge in [0.05, 0.1) is 19.9 Å². The molecule has 1 aliphatic heterocycles. The number of nitrogens with one attached hydrogen (secondary N) is 2. The number of hydrogen-bond donors (Lipinski definition) is 2. The molecule has 0 spiro atoms. The van der Waals surface area contributed by atoms with Crippen LogP contribution < -0.4 is 8.25 Å². The van der Waals surface area contributed by atoms with Crippen molar-refractivity contribution in [3.05, 3.63) is 25.2 Å². The fourth-order valence-corrected chi connectivity index (χ4v) is 5.31.